The topological polar surface area (TPSA) is 6.48 Å². The predicted molar refractivity (Wildman–Crippen MR) is 65.8 cm³/mol. The van der Waals surface area contributed by atoms with E-state index in [1.54, 1.807) is 0 Å². The molecule has 0 atom stereocenters. The summed E-state index contributed by atoms with van der Waals surface area (Å²) in [6, 6.07) is 8.90. The SMILES string of the molecule is CCN(C)Cc1ccc(CN(C)C)cc1. The van der Waals surface area contributed by atoms with Crippen molar-refractivity contribution in [3.63, 3.8) is 0 Å². The fourth-order valence-electron chi connectivity index (χ4n) is 1.54. The highest BCUT2D eigenvalue weighted by molar-refractivity contribution is 5.22. The van der Waals surface area contributed by atoms with Crippen molar-refractivity contribution < 1.29 is 0 Å². The zero-order chi connectivity index (χ0) is 11.3. The van der Waals surface area contributed by atoms with Crippen molar-refractivity contribution >= 4 is 0 Å². The van der Waals surface area contributed by atoms with Gasteiger partial charge in [-0.1, -0.05) is 31.2 Å². The lowest BCUT2D eigenvalue weighted by atomic mass is 10.1. The molecule has 0 radical (unpaired) electrons. The maximum Gasteiger partial charge on any atom is 0.0230 e. The maximum absolute atomic E-state index is 2.31. The minimum Gasteiger partial charge on any atom is -0.305 e. The normalized spacial score (nSPS) is 11.3. The molecule has 0 aliphatic rings. The first-order valence-corrected chi connectivity index (χ1v) is 5.53. The van der Waals surface area contributed by atoms with Crippen molar-refractivity contribution in [1.82, 2.24) is 9.80 Å². The molecule has 15 heavy (non-hydrogen) atoms. The molecule has 0 unspecified atom stereocenters. The van der Waals surface area contributed by atoms with E-state index in [9.17, 15) is 0 Å². The Morgan fingerprint density at radius 1 is 0.867 bits per heavy atom. The molecule has 0 bridgehead atoms. The molecule has 2 heteroatoms. The van der Waals surface area contributed by atoms with Crippen molar-refractivity contribution in [3.8, 4) is 0 Å². The number of hydrogen-bond donors (Lipinski definition) is 0. The second-order valence-electron chi connectivity index (χ2n) is 4.38. The molecule has 0 heterocycles. The van der Waals surface area contributed by atoms with Crippen molar-refractivity contribution in [2.45, 2.75) is 20.0 Å². The lowest BCUT2D eigenvalue weighted by Crippen LogP contribution is -2.16. The number of benzene rings is 1. The zero-order valence-electron chi connectivity index (χ0n) is 10.3. The third kappa shape index (κ3) is 4.45. The third-order valence-corrected chi connectivity index (χ3v) is 2.51. The Hall–Kier alpha value is -0.860. The van der Waals surface area contributed by atoms with Crippen LogP contribution in [-0.2, 0) is 13.1 Å². The fourth-order valence-corrected chi connectivity index (χ4v) is 1.54. The van der Waals surface area contributed by atoms with Crippen LogP contribution in [0.3, 0.4) is 0 Å². The Bertz CT molecular complexity index is 277. The van der Waals surface area contributed by atoms with Crippen LogP contribution in [0.5, 0.6) is 0 Å². The second-order valence-corrected chi connectivity index (χ2v) is 4.38. The van der Waals surface area contributed by atoms with E-state index in [0.29, 0.717) is 0 Å². The van der Waals surface area contributed by atoms with E-state index in [0.717, 1.165) is 19.6 Å². The van der Waals surface area contributed by atoms with Gasteiger partial charge in [-0.2, -0.15) is 0 Å². The Balaban J connectivity index is 2.56. The molecule has 1 aromatic carbocycles. The van der Waals surface area contributed by atoms with Gasteiger partial charge in [0.05, 0.1) is 0 Å². The molecule has 0 saturated heterocycles. The van der Waals surface area contributed by atoms with Gasteiger partial charge >= 0.3 is 0 Å². The first-order valence-electron chi connectivity index (χ1n) is 5.53. The smallest absolute Gasteiger partial charge is 0.0230 e. The molecular weight excluding hydrogens is 184 g/mol. The van der Waals surface area contributed by atoms with Gasteiger partial charge in [0.2, 0.25) is 0 Å². The van der Waals surface area contributed by atoms with Gasteiger partial charge in [0.1, 0.15) is 0 Å². The van der Waals surface area contributed by atoms with Gasteiger partial charge in [0.15, 0.2) is 0 Å². The Kier molecular flexibility index (Phi) is 4.79. The van der Waals surface area contributed by atoms with Crippen LogP contribution < -0.4 is 0 Å². The molecule has 1 rings (SSSR count). The average Bonchev–Trinajstić information content (AvgIpc) is 2.20. The van der Waals surface area contributed by atoms with Crippen LogP contribution in [0.2, 0.25) is 0 Å². The first kappa shape index (κ1) is 12.2. The van der Waals surface area contributed by atoms with E-state index in [4.69, 9.17) is 0 Å². The van der Waals surface area contributed by atoms with Gasteiger partial charge in [-0.05, 0) is 38.8 Å². The molecule has 1 aromatic rings. The maximum atomic E-state index is 2.31. The number of rotatable bonds is 5. The van der Waals surface area contributed by atoms with Crippen LogP contribution in [0.25, 0.3) is 0 Å². The average molecular weight is 206 g/mol. The van der Waals surface area contributed by atoms with Crippen LogP contribution in [0.15, 0.2) is 24.3 Å². The van der Waals surface area contributed by atoms with E-state index in [-0.39, 0.29) is 0 Å². The standard InChI is InChI=1S/C13H22N2/c1-5-15(4)11-13-8-6-12(7-9-13)10-14(2)3/h6-9H,5,10-11H2,1-4H3. The molecule has 0 amide bonds. The van der Waals surface area contributed by atoms with Crippen LogP contribution in [0, 0.1) is 0 Å². The molecule has 0 aromatic heterocycles. The molecule has 84 valence electrons. The molecule has 2 nitrogen and oxygen atoms in total. The largest absolute Gasteiger partial charge is 0.305 e. The summed E-state index contributed by atoms with van der Waals surface area (Å²) in [5.74, 6) is 0. The van der Waals surface area contributed by atoms with Crippen molar-refractivity contribution in [1.29, 1.82) is 0 Å². The van der Waals surface area contributed by atoms with Crippen molar-refractivity contribution in [3.05, 3.63) is 35.4 Å². The summed E-state index contributed by atoms with van der Waals surface area (Å²) in [6.45, 7) is 5.34. The Labute approximate surface area is 93.5 Å². The quantitative estimate of drug-likeness (QED) is 0.728. The zero-order valence-corrected chi connectivity index (χ0v) is 10.3. The predicted octanol–water partition coefficient (Wildman–Crippen LogP) is 2.20. The number of hydrogen-bond acceptors (Lipinski definition) is 2. The third-order valence-electron chi connectivity index (χ3n) is 2.51. The van der Waals surface area contributed by atoms with E-state index in [2.05, 4.69) is 62.1 Å². The van der Waals surface area contributed by atoms with Crippen molar-refractivity contribution in [2.75, 3.05) is 27.7 Å². The molecular formula is C13H22N2. The van der Waals surface area contributed by atoms with E-state index >= 15 is 0 Å². The highest BCUT2D eigenvalue weighted by Crippen LogP contribution is 2.07. The highest BCUT2D eigenvalue weighted by atomic mass is 15.1. The lowest BCUT2D eigenvalue weighted by molar-refractivity contribution is 0.345. The second kappa shape index (κ2) is 5.89. The number of nitrogens with zero attached hydrogens (tertiary/aromatic N) is 2. The first-order chi connectivity index (χ1) is 7.11. The van der Waals surface area contributed by atoms with E-state index in [1.165, 1.54) is 11.1 Å². The summed E-state index contributed by atoms with van der Waals surface area (Å²) < 4.78 is 0. The summed E-state index contributed by atoms with van der Waals surface area (Å²) >= 11 is 0. The Morgan fingerprint density at radius 2 is 1.33 bits per heavy atom. The summed E-state index contributed by atoms with van der Waals surface area (Å²) in [7, 11) is 6.34. The van der Waals surface area contributed by atoms with Crippen LogP contribution in [0.1, 0.15) is 18.1 Å². The van der Waals surface area contributed by atoms with E-state index < -0.39 is 0 Å². The highest BCUT2D eigenvalue weighted by Gasteiger charge is 1.98. The Morgan fingerprint density at radius 3 is 1.73 bits per heavy atom. The summed E-state index contributed by atoms with van der Waals surface area (Å²) in [4.78, 5) is 4.49. The van der Waals surface area contributed by atoms with Crippen molar-refractivity contribution in [2.24, 2.45) is 0 Å². The van der Waals surface area contributed by atoms with Crippen LogP contribution in [-0.4, -0.2) is 37.5 Å². The van der Waals surface area contributed by atoms with Gasteiger partial charge < -0.3 is 9.80 Å². The van der Waals surface area contributed by atoms with Gasteiger partial charge in [-0.3, -0.25) is 0 Å². The van der Waals surface area contributed by atoms with Gasteiger partial charge in [0, 0.05) is 13.1 Å². The molecule has 0 saturated carbocycles. The van der Waals surface area contributed by atoms with E-state index in [1.807, 2.05) is 0 Å². The molecule has 0 aliphatic heterocycles. The summed E-state index contributed by atoms with van der Waals surface area (Å²) in [5, 5.41) is 0. The minimum absolute atomic E-state index is 1.02. The van der Waals surface area contributed by atoms with Crippen LogP contribution >= 0.6 is 0 Å². The summed E-state index contributed by atoms with van der Waals surface area (Å²) in [5.41, 5.74) is 2.77. The van der Waals surface area contributed by atoms with Crippen LogP contribution in [0.4, 0.5) is 0 Å². The fraction of sp³-hybridized carbons (Fsp3) is 0.538. The van der Waals surface area contributed by atoms with Gasteiger partial charge in [0.25, 0.3) is 0 Å². The molecule has 0 N–H and O–H groups in total. The van der Waals surface area contributed by atoms with Gasteiger partial charge in [-0.15, -0.1) is 0 Å². The lowest BCUT2D eigenvalue weighted by Gasteiger charge is -2.14. The monoisotopic (exact) mass is 206 g/mol. The minimum atomic E-state index is 1.02. The molecule has 0 fully saturated rings. The molecule has 0 spiro atoms. The summed E-state index contributed by atoms with van der Waals surface area (Å²) in [6.07, 6.45) is 0. The van der Waals surface area contributed by atoms with Gasteiger partial charge in [-0.25, -0.2) is 0 Å². The molecule has 0 aliphatic carbocycles.